The minimum atomic E-state index is -0.0238. The number of nitrogens with two attached hydrogens (primary N) is 1. The van der Waals surface area contributed by atoms with Gasteiger partial charge in [-0.2, -0.15) is 0 Å². The topological polar surface area (TPSA) is 44.5 Å². The zero-order valence-corrected chi connectivity index (χ0v) is 13.1. The van der Waals surface area contributed by atoms with Crippen molar-refractivity contribution in [2.45, 2.75) is 32.7 Å². The van der Waals surface area contributed by atoms with Gasteiger partial charge in [-0.15, -0.1) is 0 Å². The van der Waals surface area contributed by atoms with Gasteiger partial charge in [-0.25, -0.2) is 0 Å². The number of hydrogen-bond donors (Lipinski definition) is 1. The van der Waals surface area contributed by atoms with Crippen LogP contribution in [0.2, 0.25) is 0 Å². The Kier molecular flexibility index (Phi) is 5.96. The highest BCUT2D eigenvalue weighted by Crippen LogP contribution is 2.36. The first-order valence-electron chi connectivity index (χ1n) is 6.16. The number of methoxy groups -OCH3 is 2. The maximum Gasteiger partial charge on any atom is 0.133 e. The molecule has 18 heavy (non-hydrogen) atoms. The van der Waals surface area contributed by atoms with Gasteiger partial charge in [-0.3, -0.25) is 0 Å². The lowest BCUT2D eigenvalue weighted by atomic mass is 9.97. The van der Waals surface area contributed by atoms with Gasteiger partial charge in [-0.1, -0.05) is 13.8 Å². The van der Waals surface area contributed by atoms with E-state index in [0.717, 1.165) is 34.4 Å². The number of hydrogen-bond acceptors (Lipinski definition) is 3. The van der Waals surface area contributed by atoms with E-state index in [2.05, 4.69) is 29.8 Å². The second-order valence-electron chi connectivity index (χ2n) is 4.81. The lowest BCUT2D eigenvalue weighted by Gasteiger charge is -2.18. The third-order valence-electron chi connectivity index (χ3n) is 2.96. The summed E-state index contributed by atoms with van der Waals surface area (Å²) in [4.78, 5) is 0. The fourth-order valence-corrected chi connectivity index (χ4v) is 2.33. The third kappa shape index (κ3) is 3.89. The van der Waals surface area contributed by atoms with Crippen LogP contribution in [0.4, 0.5) is 0 Å². The van der Waals surface area contributed by atoms with Crippen molar-refractivity contribution in [3.8, 4) is 11.5 Å². The molecule has 102 valence electrons. The van der Waals surface area contributed by atoms with E-state index < -0.39 is 0 Å². The highest BCUT2D eigenvalue weighted by molar-refractivity contribution is 9.10. The second kappa shape index (κ2) is 7.00. The largest absolute Gasteiger partial charge is 0.496 e. The molecule has 0 aromatic heterocycles. The Labute approximate surface area is 118 Å². The van der Waals surface area contributed by atoms with Gasteiger partial charge in [0.05, 0.1) is 18.7 Å². The van der Waals surface area contributed by atoms with Crippen LogP contribution in [0.3, 0.4) is 0 Å². The van der Waals surface area contributed by atoms with Crippen molar-refractivity contribution >= 4 is 15.9 Å². The zero-order chi connectivity index (χ0) is 13.7. The SMILES string of the molecule is COc1cc([C@H](N)CCC(C)C)c(OC)cc1Br. The zero-order valence-electron chi connectivity index (χ0n) is 11.5. The molecule has 3 nitrogen and oxygen atoms in total. The lowest BCUT2D eigenvalue weighted by Crippen LogP contribution is -2.13. The molecule has 0 aliphatic heterocycles. The van der Waals surface area contributed by atoms with E-state index in [1.807, 2.05) is 12.1 Å². The molecule has 0 saturated carbocycles. The van der Waals surface area contributed by atoms with Crippen molar-refractivity contribution < 1.29 is 9.47 Å². The van der Waals surface area contributed by atoms with Crippen molar-refractivity contribution in [2.75, 3.05) is 14.2 Å². The minimum absolute atomic E-state index is 0.0238. The van der Waals surface area contributed by atoms with Crippen LogP contribution in [0.25, 0.3) is 0 Å². The second-order valence-corrected chi connectivity index (χ2v) is 5.66. The van der Waals surface area contributed by atoms with Crippen LogP contribution in [-0.2, 0) is 0 Å². The molecule has 0 aliphatic carbocycles. The fraction of sp³-hybridized carbons (Fsp3) is 0.571. The predicted octanol–water partition coefficient (Wildman–Crippen LogP) is 3.90. The molecule has 1 aromatic carbocycles. The molecule has 2 N–H and O–H groups in total. The van der Waals surface area contributed by atoms with Gasteiger partial charge < -0.3 is 15.2 Å². The molecule has 1 rings (SSSR count). The van der Waals surface area contributed by atoms with Gasteiger partial charge in [0.25, 0.3) is 0 Å². The molecule has 1 aromatic rings. The Hall–Kier alpha value is -0.740. The summed E-state index contributed by atoms with van der Waals surface area (Å²) in [6.45, 7) is 4.40. The molecular weight excluding hydrogens is 294 g/mol. The van der Waals surface area contributed by atoms with Crippen LogP contribution in [0, 0.1) is 5.92 Å². The highest BCUT2D eigenvalue weighted by Gasteiger charge is 2.16. The summed E-state index contributed by atoms with van der Waals surface area (Å²) in [7, 11) is 3.31. The Morgan fingerprint density at radius 3 is 2.22 bits per heavy atom. The third-order valence-corrected chi connectivity index (χ3v) is 3.58. The summed E-state index contributed by atoms with van der Waals surface area (Å²) >= 11 is 3.45. The summed E-state index contributed by atoms with van der Waals surface area (Å²) in [5.41, 5.74) is 7.24. The van der Waals surface area contributed by atoms with Crippen LogP contribution in [-0.4, -0.2) is 14.2 Å². The monoisotopic (exact) mass is 315 g/mol. The van der Waals surface area contributed by atoms with Crippen molar-refractivity contribution in [1.82, 2.24) is 0 Å². The smallest absolute Gasteiger partial charge is 0.133 e. The van der Waals surface area contributed by atoms with E-state index in [9.17, 15) is 0 Å². The van der Waals surface area contributed by atoms with E-state index in [-0.39, 0.29) is 6.04 Å². The van der Waals surface area contributed by atoms with Crippen LogP contribution in [0.1, 0.15) is 38.3 Å². The van der Waals surface area contributed by atoms with Crippen LogP contribution < -0.4 is 15.2 Å². The summed E-state index contributed by atoms with van der Waals surface area (Å²) in [6.07, 6.45) is 2.04. The first-order chi connectivity index (χ1) is 8.49. The molecule has 0 heterocycles. The molecule has 0 bridgehead atoms. The molecule has 0 unspecified atom stereocenters. The summed E-state index contributed by atoms with van der Waals surface area (Å²) in [5, 5.41) is 0. The first kappa shape index (κ1) is 15.3. The summed E-state index contributed by atoms with van der Waals surface area (Å²) in [5.74, 6) is 2.24. The molecule has 4 heteroatoms. The van der Waals surface area contributed by atoms with E-state index in [0.29, 0.717) is 5.92 Å². The average molecular weight is 316 g/mol. The van der Waals surface area contributed by atoms with Crippen molar-refractivity contribution in [1.29, 1.82) is 0 Å². The summed E-state index contributed by atoms with van der Waals surface area (Å²) in [6, 6.07) is 3.83. The van der Waals surface area contributed by atoms with Gasteiger partial charge in [-0.05, 0) is 46.8 Å². The number of halogens is 1. The van der Waals surface area contributed by atoms with Crippen molar-refractivity contribution in [2.24, 2.45) is 11.7 Å². The van der Waals surface area contributed by atoms with Crippen molar-refractivity contribution in [3.05, 3.63) is 22.2 Å². The Morgan fingerprint density at radius 2 is 1.72 bits per heavy atom. The van der Waals surface area contributed by atoms with Crippen LogP contribution >= 0.6 is 15.9 Å². The molecular formula is C14H22BrNO2. The lowest BCUT2D eigenvalue weighted by molar-refractivity contribution is 0.389. The molecule has 1 atom stereocenters. The Balaban J connectivity index is 2.97. The molecule has 0 aliphatic rings. The average Bonchev–Trinajstić information content (AvgIpc) is 2.35. The quantitative estimate of drug-likeness (QED) is 0.865. The van der Waals surface area contributed by atoms with Gasteiger partial charge in [0.15, 0.2) is 0 Å². The maximum absolute atomic E-state index is 6.24. The van der Waals surface area contributed by atoms with E-state index in [1.165, 1.54) is 0 Å². The molecule has 0 radical (unpaired) electrons. The minimum Gasteiger partial charge on any atom is -0.496 e. The molecule has 0 amide bonds. The Bertz CT molecular complexity index is 394. The Morgan fingerprint density at radius 1 is 1.11 bits per heavy atom. The van der Waals surface area contributed by atoms with E-state index in [1.54, 1.807) is 14.2 Å². The fourth-order valence-electron chi connectivity index (χ4n) is 1.84. The summed E-state index contributed by atoms with van der Waals surface area (Å²) < 4.78 is 11.6. The van der Waals surface area contributed by atoms with Gasteiger partial charge in [0.1, 0.15) is 11.5 Å². The van der Waals surface area contributed by atoms with Gasteiger partial charge >= 0.3 is 0 Å². The number of benzene rings is 1. The number of rotatable bonds is 6. The van der Waals surface area contributed by atoms with Gasteiger partial charge in [0.2, 0.25) is 0 Å². The molecule has 0 saturated heterocycles. The van der Waals surface area contributed by atoms with E-state index >= 15 is 0 Å². The highest BCUT2D eigenvalue weighted by atomic mass is 79.9. The van der Waals surface area contributed by atoms with Crippen LogP contribution in [0.5, 0.6) is 11.5 Å². The predicted molar refractivity (Wildman–Crippen MR) is 78.2 cm³/mol. The molecule has 0 fully saturated rings. The maximum atomic E-state index is 6.24. The molecule has 0 spiro atoms. The first-order valence-corrected chi connectivity index (χ1v) is 6.95. The van der Waals surface area contributed by atoms with E-state index in [4.69, 9.17) is 15.2 Å². The normalized spacial score (nSPS) is 12.6. The van der Waals surface area contributed by atoms with Gasteiger partial charge in [0, 0.05) is 11.6 Å². The van der Waals surface area contributed by atoms with Crippen molar-refractivity contribution in [3.63, 3.8) is 0 Å². The number of ether oxygens (including phenoxy) is 2. The van der Waals surface area contributed by atoms with Crippen LogP contribution in [0.15, 0.2) is 16.6 Å². The standard InChI is InChI=1S/C14H22BrNO2/c1-9(2)5-6-12(16)10-7-14(18-4)11(15)8-13(10)17-3/h7-9,12H,5-6,16H2,1-4H3/t12-/m1/s1.